The SMILES string of the molecule is Cc1nc2sc([C@H](c3ccc(C(C)C)cc3)N3CCc4ccccc4C3)c(O)n2n1. The summed E-state index contributed by atoms with van der Waals surface area (Å²) in [7, 11) is 0. The van der Waals surface area contributed by atoms with Crippen molar-refractivity contribution in [3.05, 3.63) is 81.5 Å². The van der Waals surface area contributed by atoms with Gasteiger partial charge in [-0.2, -0.15) is 4.52 Å². The zero-order chi connectivity index (χ0) is 20.8. The summed E-state index contributed by atoms with van der Waals surface area (Å²) in [5.41, 5.74) is 5.30. The minimum atomic E-state index is -0.0339. The predicted molar refractivity (Wildman–Crippen MR) is 120 cm³/mol. The molecule has 0 bridgehead atoms. The Morgan fingerprint density at radius 3 is 2.40 bits per heavy atom. The third-order valence-corrected chi connectivity index (χ3v) is 7.07. The van der Waals surface area contributed by atoms with E-state index in [9.17, 15) is 5.11 Å². The van der Waals surface area contributed by atoms with E-state index >= 15 is 0 Å². The lowest BCUT2D eigenvalue weighted by Gasteiger charge is -2.35. The van der Waals surface area contributed by atoms with Gasteiger partial charge < -0.3 is 5.11 Å². The number of aromatic hydroxyl groups is 1. The second kappa shape index (κ2) is 7.52. The second-order valence-corrected chi connectivity index (χ2v) is 9.37. The molecule has 0 amide bonds. The summed E-state index contributed by atoms with van der Waals surface area (Å²) >= 11 is 1.53. The fraction of sp³-hybridized carbons (Fsp3) is 0.333. The van der Waals surface area contributed by atoms with E-state index in [0.29, 0.717) is 11.7 Å². The van der Waals surface area contributed by atoms with Crippen LogP contribution >= 0.6 is 11.3 Å². The minimum absolute atomic E-state index is 0.0339. The lowest BCUT2D eigenvalue weighted by molar-refractivity contribution is 0.205. The summed E-state index contributed by atoms with van der Waals surface area (Å²) in [5, 5.41) is 15.4. The van der Waals surface area contributed by atoms with Crippen LogP contribution in [-0.4, -0.2) is 31.1 Å². The van der Waals surface area contributed by atoms with Crippen molar-refractivity contribution < 1.29 is 5.11 Å². The van der Waals surface area contributed by atoms with Crippen LogP contribution < -0.4 is 0 Å². The Bertz CT molecular complexity index is 1190. The maximum absolute atomic E-state index is 11.0. The number of thiazole rings is 1. The molecule has 6 heteroatoms. The molecule has 154 valence electrons. The molecule has 3 heterocycles. The highest BCUT2D eigenvalue weighted by molar-refractivity contribution is 7.17. The number of nitrogens with zero attached hydrogens (tertiary/aromatic N) is 4. The Morgan fingerprint density at radius 2 is 1.70 bits per heavy atom. The van der Waals surface area contributed by atoms with Gasteiger partial charge in [-0.25, -0.2) is 4.98 Å². The van der Waals surface area contributed by atoms with E-state index in [1.54, 1.807) is 4.52 Å². The number of rotatable bonds is 4. The van der Waals surface area contributed by atoms with Crippen molar-refractivity contribution in [2.24, 2.45) is 0 Å². The molecule has 0 saturated carbocycles. The Kier molecular flexibility index (Phi) is 4.83. The molecule has 1 N–H and O–H groups in total. The number of fused-ring (bicyclic) bond motifs is 2. The van der Waals surface area contributed by atoms with Gasteiger partial charge in [0.25, 0.3) is 0 Å². The normalized spacial score (nSPS) is 15.6. The van der Waals surface area contributed by atoms with Crippen LogP contribution in [0, 0.1) is 6.92 Å². The summed E-state index contributed by atoms with van der Waals surface area (Å²) in [6.07, 6.45) is 1.01. The topological polar surface area (TPSA) is 53.7 Å². The zero-order valence-electron chi connectivity index (χ0n) is 17.5. The van der Waals surface area contributed by atoms with Crippen molar-refractivity contribution in [3.63, 3.8) is 0 Å². The molecule has 1 aliphatic rings. The predicted octanol–water partition coefficient (Wildman–Crippen LogP) is 5.08. The number of benzene rings is 2. The quantitative estimate of drug-likeness (QED) is 0.502. The Balaban J connectivity index is 1.60. The fourth-order valence-electron chi connectivity index (χ4n) is 4.36. The van der Waals surface area contributed by atoms with Gasteiger partial charge in [-0.1, -0.05) is 73.7 Å². The van der Waals surface area contributed by atoms with Gasteiger partial charge in [-0.05, 0) is 41.5 Å². The van der Waals surface area contributed by atoms with Crippen molar-refractivity contribution in [1.82, 2.24) is 19.5 Å². The van der Waals surface area contributed by atoms with Crippen LogP contribution in [0.25, 0.3) is 4.96 Å². The highest BCUT2D eigenvalue weighted by Crippen LogP contribution is 2.41. The first kappa shape index (κ1) is 19.3. The van der Waals surface area contributed by atoms with Crippen molar-refractivity contribution in [1.29, 1.82) is 0 Å². The first-order valence-electron chi connectivity index (χ1n) is 10.5. The van der Waals surface area contributed by atoms with E-state index in [2.05, 4.69) is 77.4 Å². The average molecular weight is 419 g/mol. The van der Waals surface area contributed by atoms with Crippen LogP contribution in [0.2, 0.25) is 0 Å². The van der Waals surface area contributed by atoms with Gasteiger partial charge in [0, 0.05) is 13.1 Å². The molecule has 30 heavy (non-hydrogen) atoms. The molecule has 0 fully saturated rings. The van der Waals surface area contributed by atoms with Crippen molar-refractivity contribution in [2.45, 2.75) is 45.7 Å². The van der Waals surface area contributed by atoms with Gasteiger partial charge >= 0.3 is 0 Å². The Labute approximate surface area is 180 Å². The third kappa shape index (κ3) is 3.30. The molecule has 1 aliphatic heterocycles. The van der Waals surface area contributed by atoms with Gasteiger partial charge in [0.2, 0.25) is 10.8 Å². The van der Waals surface area contributed by atoms with E-state index in [1.165, 1.54) is 33.6 Å². The molecule has 5 rings (SSSR count). The molecule has 0 spiro atoms. The maximum Gasteiger partial charge on any atom is 0.230 e. The molecule has 0 saturated heterocycles. The second-order valence-electron chi connectivity index (χ2n) is 8.36. The van der Waals surface area contributed by atoms with Gasteiger partial charge in [-0.3, -0.25) is 4.90 Å². The van der Waals surface area contributed by atoms with Crippen LogP contribution in [0.5, 0.6) is 5.88 Å². The lowest BCUT2D eigenvalue weighted by Crippen LogP contribution is -2.34. The molecular formula is C24H26N4OS. The van der Waals surface area contributed by atoms with Gasteiger partial charge in [0.15, 0.2) is 0 Å². The monoisotopic (exact) mass is 418 g/mol. The standard InChI is InChI=1S/C24H26N4OS/c1-15(2)17-8-10-19(11-9-17)21(22-23(29)28-24(30-22)25-16(3)26-28)27-13-12-18-6-4-5-7-20(18)14-27/h4-11,15,21,29H,12-14H2,1-3H3/t21-/m0/s1. The first-order chi connectivity index (χ1) is 14.5. The summed E-state index contributed by atoms with van der Waals surface area (Å²) in [4.78, 5) is 8.59. The molecule has 0 aliphatic carbocycles. The fourth-order valence-corrected chi connectivity index (χ4v) is 5.52. The van der Waals surface area contributed by atoms with Crippen LogP contribution in [0.1, 0.15) is 58.8 Å². The number of hydrogen-bond acceptors (Lipinski definition) is 5. The van der Waals surface area contributed by atoms with Crippen LogP contribution in [0.3, 0.4) is 0 Å². The molecule has 5 nitrogen and oxygen atoms in total. The molecule has 1 atom stereocenters. The van der Waals surface area contributed by atoms with E-state index in [0.717, 1.165) is 29.3 Å². The summed E-state index contributed by atoms with van der Waals surface area (Å²) in [6, 6.07) is 17.5. The molecular weight excluding hydrogens is 392 g/mol. The minimum Gasteiger partial charge on any atom is -0.492 e. The maximum atomic E-state index is 11.0. The molecule has 4 aromatic rings. The van der Waals surface area contributed by atoms with E-state index in [1.807, 2.05) is 6.92 Å². The highest BCUT2D eigenvalue weighted by Gasteiger charge is 2.31. The molecule has 2 aromatic carbocycles. The summed E-state index contributed by atoms with van der Waals surface area (Å²) < 4.78 is 1.57. The third-order valence-electron chi connectivity index (χ3n) is 6.00. The van der Waals surface area contributed by atoms with E-state index < -0.39 is 0 Å². The molecule has 0 radical (unpaired) electrons. The van der Waals surface area contributed by atoms with Crippen molar-refractivity contribution >= 4 is 16.3 Å². The lowest BCUT2D eigenvalue weighted by atomic mass is 9.94. The number of aryl methyl sites for hydroxylation is 1. The number of hydrogen-bond donors (Lipinski definition) is 1. The summed E-state index contributed by atoms with van der Waals surface area (Å²) in [6.45, 7) is 8.07. The highest BCUT2D eigenvalue weighted by atomic mass is 32.1. The van der Waals surface area contributed by atoms with Crippen LogP contribution in [0.15, 0.2) is 48.5 Å². The van der Waals surface area contributed by atoms with Crippen molar-refractivity contribution in [2.75, 3.05) is 6.54 Å². The Morgan fingerprint density at radius 1 is 1.00 bits per heavy atom. The van der Waals surface area contributed by atoms with Crippen molar-refractivity contribution in [3.8, 4) is 5.88 Å². The first-order valence-corrected chi connectivity index (χ1v) is 11.3. The van der Waals surface area contributed by atoms with E-state index in [4.69, 9.17) is 0 Å². The zero-order valence-corrected chi connectivity index (χ0v) is 18.4. The van der Waals surface area contributed by atoms with Gasteiger partial charge in [-0.15, -0.1) is 5.10 Å². The smallest absolute Gasteiger partial charge is 0.230 e. The van der Waals surface area contributed by atoms with Gasteiger partial charge in [0.05, 0.1) is 10.9 Å². The van der Waals surface area contributed by atoms with Crippen LogP contribution in [0.4, 0.5) is 0 Å². The summed E-state index contributed by atoms with van der Waals surface area (Å²) in [5.74, 6) is 1.37. The number of aromatic nitrogens is 3. The van der Waals surface area contributed by atoms with E-state index in [-0.39, 0.29) is 11.9 Å². The van der Waals surface area contributed by atoms with Crippen LogP contribution in [-0.2, 0) is 13.0 Å². The van der Waals surface area contributed by atoms with Gasteiger partial charge in [0.1, 0.15) is 5.82 Å². The molecule has 0 unspecified atom stereocenters. The average Bonchev–Trinajstić information content (AvgIpc) is 3.26. The molecule has 2 aromatic heterocycles. The largest absolute Gasteiger partial charge is 0.492 e. The Hall–Kier alpha value is -2.70.